The predicted octanol–water partition coefficient (Wildman–Crippen LogP) is 4.21. The summed E-state index contributed by atoms with van der Waals surface area (Å²) in [5, 5.41) is 13.2. The minimum Gasteiger partial charge on any atom is -0.430 e. The van der Waals surface area contributed by atoms with Crippen molar-refractivity contribution in [3.63, 3.8) is 0 Å². The van der Waals surface area contributed by atoms with E-state index in [1.807, 2.05) is 44.2 Å². The first-order valence-corrected chi connectivity index (χ1v) is 12.3. The van der Waals surface area contributed by atoms with Gasteiger partial charge in [0.2, 0.25) is 12.3 Å². The summed E-state index contributed by atoms with van der Waals surface area (Å²) >= 11 is 0. The van der Waals surface area contributed by atoms with Crippen LogP contribution in [0.25, 0.3) is 0 Å². The second-order valence-electron chi connectivity index (χ2n) is 9.33. The fourth-order valence-corrected chi connectivity index (χ4v) is 5.04. The van der Waals surface area contributed by atoms with E-state index in [4.69, 9.17) is 4.74 Å². The van der Waals surface area contributed by atoms with Crippen LogP contribution in [0.1, 0.15) is 71.8 Å². The van der Waals surface area contributed by atoms with Crippen LogP contribution in [0.15, 0.2) is 30.3 Å². The SMILES string of the molecule is CCCC(F)OC(=O)[C@H]1C[C@@H](CO)[C@@H](CC(CCC)C(C)NC(C)=O)N1Cc1ccccc1. The van der Waals surface area contributed by atoms with E-state index < -0.39 is 18.4 Å². The molecule has 0 aliphatic carbocycles. The number of ether oxygens (including phenoxy) is 1. The molecule has 33 heavy (non-hydrogen) atoms. The summed E-state index contributed by atoms with van der Waals surface area (Å²) in [6, 6.07) is 9.15. The number of benzene rings is 1. The van der Waals surface area contributed by atoms with Crippen LogP contribution in [-0.4, -0.2) is 53.0 Å². The van der Waals surface area contributed by atoms with Crippen LogP contribution in [0.5, 0.6) is 0 Å². The molecular formula is C26H41FN2O4. The summed E-state index contributed by atoms with van der Waals surface area (Å²) in [5.74, 6) is -0.560. The van der Waals surface area contributed by atoms with Gasteiger partial charge < -0.3 is 15.2 Å². The maximum absolute atomic E-state index is 14.1. The van der Waals surface area contributed by atoms with Gasteiger partial charge in [-0.3, -0.25) is 14.5 Å². The third kappa shape index (κ3) is 8.07. The Labute approximate surface area is 197 Å². The molecule has 1 fully saturated rings. The molecule has 1 aliphatic rings. The zero-order chi connectivity index (χ0) is 24.4. The standard InChI is InChI=1S/C26H41FN2O4/c1-5-10-21(18(3)28-19(4)31)14-23-22(17-30)15-24(26(32)33-25(27)11-6-2)29(23)16-20-12-8-7-9-13-20/h7-9,12-13,18,21-25,30H,5-6,10-11,14-17H2,1-4H3,(H,28,31)/t18?,21?,22-,23+,24+,25?/m0/s1. The molecule has 6 atom stereocenters. The van der Waals surface area contributed by atoms with Crippen molar-refractivity contribution in [2.24, 2.45) is 11.8 Å². The normalized spacial score (nSPS) is 23.6. The van der Waals surface area contributed by atoms with Crippen LogP contribution >= 0.6 is 0 Å². The Bertz CT molecular complexity index is 732. The summed E-state index contributed by atoms with van der Waals surface area (Å²) in [7, 11) is 0. The van der Waals surface area contributed by atoms with Gasteiger partial charge in [0.05, 0.1) is 0 Å². The van der Waals surface area contributed by atoms with Gasteiger partial charge in [-0.15, -0.1) is 0 Å². The topological polar surface area (TPSA) is 78.9 Å². The van der Waals surface area contributed by atoms with E-state index in [1.54, 1.807) is 0 Å². The molecule has 0 aromatic heterocycles. The zero-order valence-electron chi connectivity index (χ0n) is 20.5. The van der Waals surface area contributed by atoms with E-state index in [1.165, 1.54) is 6.92 Å². The molecular weight excluding hydrogens is 423 g/mol. The minimum atomic E-state index is -1.61. The van der Waals surface area contributed by atoms with Gasteiger partial charge in [-0.1, -0.05) is 50.6 Å². The lowest BCUT2D eigenvalue weighted by molar-refractivity contribution is -0.164. The van der Waals surface area contributed by atoms with Gasteiger partial charge in [0.1, 0.15) is 6.04 Å². The van der Waals surface area contributed by atoms with Crippen molar-refractivity contribution in [2.75, 3.05) is 6.61 Å². The van der Waals surface area contributed by atoms with Crippen molar-refractivity contribution in [1.29, 1.82) is 0 Å². The van der Waals surface area contributed by atoms with Crippen LogP contribution in [-0.2, 0) is 20.9 Å². The molecule has 0 saturated carbocycles. The second kappa shape index (κ2) is 13.7. The van der Waals surface area contributed by atoms with Crippen molar-refractivity contribution in [3.8, 4) is 0 Å². The van der Waals surface area contributed by atoms with Gasteiger partial charge in [0.25, 0.3) is 0 Å². The third-order valence-corrected chi connectivity index (χ3v) is 6.71. The van der Waals surface area contributed by atoms with Gasteiger partial charge in [-0.25, -0.2) is 4.39 Å². The molecule has 1 heterocycles. The number of aliphatic hydroxyl groups is 1. The van der Waals surface area contributed by atoms with Crippen LogP contribution in [0, 0.1) is 11.8 Å². The largest absolute Gasteiger partial charge is 0.430 e. The molecule has 0 radical (unpaired) electrons. The van der Waals surface area contributed by atoms with Gasteiger partial charge in [0.15, 0.2) is 0 Å². The number of hydrogen-bond donors (Lipinski definition) is 2. The first-order chi connectivity index (χ1) is 15.8. The van der Waals surface area contributed by atoms with E-state index in [9.17, 15) is 19.1 Å². The van der Waals surface area contributed by atoms with Crippen LogP contribution in [0.4, 0.5) is 4.39 Å². The van der Waals surface area contributed by atoms with Crippen LogP contribution < -0.4 is 5.32 Å². The smallest absolute Gasteiger partial charge is 0.325 e. The van der Waals surface area contributed by atoms with Gasteiger partial charge in [0, 0.05) is 38.6 Å². The molecule has 1 aliphatic heterocycles. The molecule has 1 aromatic rings. The van der Waals surface area contributed by atoms with Crippen molar-refractivity contribution in [1.82, 2.24) is 10.2 Å². The number of alkyl halides is 1. The Balaban J connectivity index is 2.30. The first-order valence-electron chi connectivity index (χ1n) is 12.3. The molecule has 3 unspecified atom stereocenters. The van der Waals surface area contributed by atoms with E-state index in [0.29, 0.717) is 19.4 Å². The highest BCUT2D eigenvalue weighted by atomic mass is 19.1. The highest BCUT2D eigenvalue weighted by molar-refractivity contribution is 5.76. The Morgan fingerprint density at radius 2 is 1.88 bits per heavy atom. The lowest BCUT2D eigenvalue weighted by atomic mass is 9.85. The number of aliphatic hydroxyl groups excluding tert-OH is 1. The Hall–Kier alpha value is -1.99. The molecule has 6 nitrogen and oxygen atoms in total. The monoisotopic (exact) mass is 464 g/mol. The summed E-state index contributed by atoms with van der Waals surface area (Å²) in [4.78, 5) is 26.7. The number of esters is 1. The van der Waals surface area contributed by atoms with Crippen molar-refractivity contribution in [3.05, 3.63) is 35.9 Å². The first kappa shape index (κ1) is 27.3. The number of halogens is 1. The number of carbonyl (C=O) groups excluding carboxylic acids is 2. The number of nitrogens with one attached hydrogen (secondary N) is 1. The number of nitrogens with zero attached hydrogens (tertiary/aromatic N) is 1. The number of rotatable bonds is 13. The van der Waals surface area contributed by atoms with Crippen LogP contribution in [0.2, 0.25) is 0 Å². The van der Waals surface area contributed by atoms with E-state index >= 15 is 0 Å². The molecule has 1 amide bonds. The maximum Gasteiger partial charge on any atom is 0.325 e. The second-order valence-corrected chi connectivity index (χ2v) is 9.33. The summed E-state index contributed by atoms with van der Waals surface area (Å²) in [5.41, 5.74) is 1.05. The molecule has 0 spiro atoms. The summed E-state index contributed by atoms with van der Waals surface area (Å²) < 4.78 is 19.3. The molecule has 2 N–H and O–H groups in total. The lowest BCUT2D eigenvalue weighted by Crippen LogP contribution is -2.45. The quantitative estimate of drug-likeness (QED) is 0.428. The highest BCUT2D eigenvalue weighted by Gasteiger charge is 2.46. The summed E-state index contributed by atoms with van der Waals surface area (Å²) in [6.07, 6.45) is 2.21. The van der Waals surface area contributed by atoms with Crippen molar-refractivity contribution in [2.45, 2.75) is 97.2 Å². The van der Waals surface area contributed by atoms with Gasteiger partial charge in [-0.05, 0) is 50.0 Å². The molecule has 2 rings (SSSR count). The van der Waals surface area contributed by atoms with Crippen molar-refractivity contribution < 1.29 is 23.8 Å². The van der Waals surface area contributed by atoms with E-state index in [2.05, 4.69) is 17.1 Å². The average molecular weight is 465 g/mol. The molecule has 1 aromatic carbocycles. The highest BCUT2D eigenvalue weighted by Crippen LogP contribution is 2.37. The third-order valence-electron chi connectivity index (χ3n) is 6.71. The fourth-order valence-electron chi connectivity index (χ4n) is 5.04. The Morgan fingerprint density at radius 3 is 2.45 bits per heavy atom. The van der Waals surface area contributed by atoms with Gasteiger partial charge >= 0.3 is 5.97 Å². The Morgan fingerprint density at radius 1 is 1.21 bits per heavy atom. The maximum atomic E-state index is 14.1. The fraction of sp³-hybridized carbons (Fsp3) is 0.692. The number of hydrogen-bond acceptors (Lipinski definition) is 5. The molecule has 1 saturated heterocycles. The number of carbonyl (C=O) groups is 2. The zero-order valence-corrected chi connectivity index (χ0v) is 20.5. The minimum absolute atomic E-state index is 0.0221. The molecule has 186 valence electrons. The van der Waals surface area contributed by atoms with E-state index in [-0.39, 0.29) is 42.9 Å². The predicted molar refractivity (Wildman–Crippen MR) is 127 cm³/mol. The Kier molecular flexibility index (Phi) is 11.3. The van der Waals surface area contributed by atoms with Gasteiger partial charge in [-0.2, -0.15) is 0 Å². The van der Waals surface area contributed by atoms with Crippen LogP contribution in [0.3, 0.4) is 0 Å². The number of likely N-dealkylation sites (tertiary alicyclic amines) is 1. The lowest BCUT2D eigenvalue weighted by Gasteiger charge is -2.35. The molecule has 7 heteroatoms. The average Bonchev–Trinajstić information content (AvgIpc) is 3.11. The van der Waals surface area contributed by atoms with Crippen molar-refractivity contribution >= 4 is 11.9 Å². The molecule has 0 bridgehead atoms. The summed E-state index contributed by atoms with van der Waals surface area (Å²) in [6.45, 7) is 7.95. The number of amides is 1. The van der Waals surface area contributed by atoms with E-state index in [0.717, 1.165) is 24.8 Å².